The zero-order valence-corrected chi connectivity index (χ0v) is 18.1. The van der Waals surface area contributed by atoms with Crippen molar-refractivity contribution in [1.82, 2.24) is 10.1 Å². The summed E-state index contributed by atoms with van der Waals surface area (Å²) >= 11 is 1.57. The molecule has 0 saturated carbocycles. The van der Waals surface area contributed by atoms with Gasteiger partial charge in [0.2, 0.25) is 0 Å². The highest BCUT2D eigenvalue weighted by Crippen LogP contribution is 2.27. The summed E-state index contributed by atoms with van der Waals surface area (Å²) in [6, 6.07) is 15.7. The van der Waals surface area contributed by atoms with Crippen LogP contribution in [0.15, 0.2) is 57.9 Å². The van der Waals surface area contributed by atoms with E-state index in [1.807, 2.05) is 63.2 Å². The standard InChI is InChI=1S/C23H26N2O3S/c1-16-11-17(2)13-19(12-16)27-10-9-25(4)23(26)21-7-5-6-8-22(21)29-15-20-14-18(3)24-28-20/h5-8,11-14H,9-10,15H2,1-4H3. The van der Waals surface area contributed by atoms with Gasteiger partial charge >= 0.3 is 0 Å². The summed E-state index contributed by atoms with van der Waals surface area (Å²) in [5.74, 6) is 2.24. The molecule has 0 saturated heterocycles. The van der Waals surface area contributed by atoms with E-state index in [4.69, 9.17) is 9.26 Å². The molecule has 0 aliphatic heterocycles. The zero-order chi connectivity index (χ0) is 20.8. The van der Waals surface area contributed by atoms with Gasteiger partial charge in [0.25, 0.3) is 5.91 Å². The molecule has 0 aliphatic carbocycles. The number of ether oxygens (including phenoxy) is 1. The topological polar surface area (TPSA) is 55.6 Å². The second kappa shape index (κ2) is 9.65. The Labute approximate surface area is 176 Å². The van der Waals surface area contributed by atoms with Crippen LogP contribution in [-0.4, -0.2) is 36.2 Å². The number of hydrogen-bond acceptors (Lipinski definition) is 5. The van der Waals surface area contributed by atoms with E-state index in [0.717, 1.165) is 33.2 Å². The average molecular weight is 411 g/mol. The molecule has 3 rings (SSSR count). The van der Waals surface area contributed by atoms with Crippen molar-refractivity contribution in [3.05, 3.63) is 76.7 Å². The van der Waals surface area contributed by atoms with Crippen molar-refractivity contribution in [2.24, 2.45) is 0 Å². The van der Waals surface area contributed by atoms with E-state index in [1.54, 1.807) is 23.7 Å². The highest BCUT2D eigenvalue weighted by Gasteiger charge is 2.16. The van der Waals surface area contributed by atoms with Crippen molar-refractivity contribution in [3.8, 4) is 5.75 Å². The smallest absolute Gasteiger partial charge is 0.254 e. The van der Waals surface area contributed by atoms with Gasteiger partial charge in [-0.3, -0.25) is 4.79 Å². The molecule has 0 fully saturated rings. The van der Waals surface area contributed by atoms with Gasteiger partial charge in [0.05, 0.1) is 23.6 Å². The van der Waals surface area contributed by atoms with Gasteiger partial charge in [-0.05, 0) is 56.2 Å². The van der Waals surface area contributed by atoms with E-state index in [2.05, 4.69) is 11.2 Å². The number of amides is 1. The van der Waals surface area contributed by atoms with Crippen LogP contribution < -0.4 is 4.74 Å². The second-order valence-corrected chi connectivity index (χ2v) is 8.14. The third-order valence-corrected chi connectivity index (χ3v) is 5.50. The minimum atomic E-state index is -0.0223. The largest absolute Gasteiger partial charge is 0.492 e. The fourth-order valence-electron chi connectivity index (χ4n) is 3.03. The fourth-order valence-corrected chi connectivity index (χ4v) is 3.95. The fraction of sp³-hybridized carbons (Fsp3) is 0.304. The van der Waals surface area contributed by atoms with Gasteiger partial charge in [0.1, 0.15) is 18.1 Å². The third-order valence-electron chi connectivity index (χ3n) is 4.40. The van der Waals surface area contributed by atoms with Gasteiger partial charge in [-0.1, -0.05) is 23.4 Å². The van der Waals surface area contributed by atoms with Crippen molar-refractivity contribution < 1.29 is 14.1 Å². The van der Waals surface area contributed by atoms with Crippen molar-refractivity contribution >= 4 is 17.7 Å². The van der Waals surface area contributed by atoms with Crippen LogP contribution in [0.1, 0.15) is 32.9 Å². The number of nitrogens with zero attached hydrogens (tertiary/aromatic N) is 2. The minimum absolute atomic E-state index is 0.0223. The third kappa shape index (κ3) is 5.87. The number of benzene rings is 2. The molecule has 1 amide bonds. The Balaban J connectivity index is 1.58. The van der Waals surface area contributed by atoms with Crippen molar-refractivity contribution in [3.63, 3.8) is 0 Å². The number of aromatic nitrogens is 1. The van der Waals surface area contributed by atoms with E-state index in [1.165, 1.54) is 0 Å². The highest BCUT2D eigenvalue weighted by molar-refractivity contribution is 7.98. The van der Waals surface area contributed by atoms with Crippen LogP contribution in [0, 0.1) is 20.8 Å². The maximum Gasteiger partial charge on any atom is 0.254 e. The van der Waals surface area contributed by atoms with Gasteiger partial charge in [-0.25, -0.2) is 0 Å². The van der Waals surface area contributed by atoms with E-state index in [-0.39, 0.29) is 5.91 Å². The Morgan fingerprint density at radius 1 is 1.10 bits per heavy atom. The predicted molar refractivity (Wildman–Crippen MR) is 116 cm³/mol. The van der Waals surface area contributed by atoms with E-state index in [0.29, 0.717) is 24.5 Å². The number of likely N-dealkylation sites (N-methyl/N-ethyl adjacent to an activating group) is 1. The average Bonchev–Trinajstić information content (AvgIpc) is 3.10. The summed E-state index contributed by atoms with van der Waals surface area (Å²) < 4.78 is 11.1. The first-order valence-corrected chi connectivity index (χ1v) is 10.5. The lowest BCUT2D eigenvalue weighted by atomic mass is 10.1. The molecule has 6 heteroatoms. The van der Waals surface area contributed by atoms with Crippen LogP contribution in [0.5, 0.6) is 5.75 Å². The van der Waals surface area contributed by atoms with Gasteiger partial charge < -0.3 is 14.2 Å². The van der Waals surface area contributed by atoms with Crippen LogP contribution in [0.25, 0.3) is 0 Å². The summed E-state index contributed by atoms with van der Waals surface area (Å²) in [5, 5.41) is 3.91. The molecule has 5 nitrogen and oxygen atoms in total. The molecule has 1 aromatic heterocycles. The number of carbonyl (C=O) groups is 1. The minimum Gasteiger partial charge on any atom is -0.492 e. The normalized spacial score (nSPS) is 10.8. The number of aryl methyl sites for hydroxylation is 3. The van der Waals surface area contributed by atoms with Crippen LogP contribution in [0.4, 0.5) is 0 Å². The number of carbonyl (C=O) groups excluding carboxylic acids is 1. The van der Waals surface area contributed by atoms with Crippen molar-refractivity contribution in [1.29, 1.82) is 0 Å². The Morgan fingerprint density at radius 2 is 1.83 bits per heavy atom. The molecule has 0 unspecified atom stereocenters. The molecule has 0 atom stereocenters. The van der Waals surface area contributed by atoms with Gasteiger partial charge in [-0.15, -0.1) is 11.8 Å². The summed E-state index contributed by atoms with van der Waals surface area (Å²) in [4.78, 5) is 15.6. The van der Waals surface area contributed by atoms with Crippen LogP contribution in [-0.2, 0) is 5.75 Å². The monoisotopic (exact) mass is 410 g/mol. The SMILES string of the molecule is Cc1cc(C)cc(OCCN(C)C(=O)c2ccccc2SCc2cc(C)no2)c1. The molecule has 1 heterocycles. The Morgan fingerprint density at radius 3 is 2.52 bits per heavy atom. The van der Waals surface area contributed by atoms with Crippen LogP contribution in [0.3, 0.4) is 0 Å². The van der Waals surface area contributed by atoms with E-state index < -0.39 is 0 Å². The molecule has 2 aromatic carbocycles. The van der Waals surface area contributed by atoms with E-state index in [9.17, 15) is 4.79 Å². The molecular formula is C23H26N2O3S. The first-order chi connectivity index (χ1) is 13.9. The maximum absolute atomic E-state index is 13.0. The summed E-state index contributed by atoms with van der Waals surface area (Å²) in [5.41, 5.74) is 3.87. The summed E-state index contributed by atoms with van der Waals surface area (Å²) in [7, 11) is 1.80. The molecule has 3 aromatic rings. The molecule has 29 heavy (non-hydrogen) atoms. The van der Waals surface area contributed by atoms with Crippen LogP contribution in [0.2, 0.25) is 0 Å². The maximum atomic E-state index is 13.0. The summed E-state index contributed by atoms with van der Waals surface area (Å²) in [6.45, 7) is 6.93. The van der Waals surface area contributed by atoms with Crippen molar-refractivity contribution in [2.45, 2.75) is 31.4 Å². The predicted octanol–water partition coefficient (Wildman–Crippen LogP) is 5.04. The molecule has 0 N–H and O–H groups in total. The number of hydrogen-bond donors (Lipinski definition) is 0. The summed E-state index contributed by atoms with van der Waals surface area (Å²) in [6.07, 6.45) is 0. The molecular weight excluding hydrogens is 384 g/mol. The molecule has 0 spiro atoms. The van der Waals surface area contributed by atoms with Crippen LogP contribution >= 0.6 is 11.8 Å². The van der Waals surface area contributed by atoms with Crippen molar-refractivity contribution in [2.75, 3.05) is 20.2 Å². The molecule has 0 aliphatic rings. The zero-order valence-electron chi connectivity index (χ0n) is 17.3. The Hall–Kier alpha value is -2.73. The number of thioether (sulfide) groups is 1. The molecule has 152 valence electrons. The van der Waals surface area contributed by atoms with Gasteiger partial charge in [0.15, 0.2) is 0 Å². The quantitative estimate of drug-likeness (QED) is 0.487. The first kappa shape index (κ1) is 21.0. The first-order valence-electron chi connectivity index (χ1n) is 9.53. The lowest BCUT2D eigenvalue weighted by Crippen LogP contribution is -2.31. The Bertz CT molecular complexity index is 964. The van der Waals surface area contributed by atoms with Gasteiger partial charge in [-0.2, -0.15) is 0 Å². The lowest BCUT2D eigenvalue weighted by Gasteiger charge is -2.19. The lowest BCUT2D eigenvalue weighted by molar-refractivity contribution is 0.0770. The highest BCUT2D eigenvalue weighted by atomic mass is 32.2. The van der Waals surface area contributed by atoms with E-state index >= 15 is 0 Å². The second-order valence-electron chi connectivity index (χ2n) is 7.12. The Kier molecular flexibility index (Phi) is 6.99. The molecule has 0 bridgehead atoms. The van der Waals surface area contributed by atoms with Gasteiger partial charge in [0, 0.05) is 18.0 Å². The number of rotatable bonds is 8. The molecule has 0 radical (unpaired) electrons.